The van der Waals surface area contributed by atoms with Gasteiger partial charge >= 0.3 is 0 Å². The topological polar surface area (TPSA) is 65.1 Å². The predicted molar refractivity (Wildman–Crippen MR) is 73.3 cm³/mol. The Morgan fingerprint density at radius 1 is 1.44 bits per heavy atom. The number of nitrogens with one attached hydrogen (secondary N) is 1. The quantitative estimate of drug-likeness (QED) is 0.625. The SMILES string of the molecule is COc1cnn(C(C)C)c1C(CC(C)(C)C)NN. The minimum absolute atomic E-state index is 0.0323. The van der Waals surface area contributed by atoms with Gasteiger partial charge in [0.2, 0.25) is 0 Å². The van der Waals surface area contributed by atoms with Crippen molar-refractivity contribution in [2.75, 3.05) is 7.11 Å². The Hall–Kier alpha value is -1.07. The minimum Gasteiger partial charge on any atom is -0.493 e. The summed E-state index contributed by atoms with van der Waals surface area (Å²) in [6.45, 7) is 10.8. The Morgan fingerprint density at radius 2 is 2.06 bits per heavy atom. The summed E-state index contributed by atoms with van der Waals surface area (Å²) in [6.07, 6.45) is 2.67. The lowest BCUT2D eigenvalue weighted by atomic mass is 9.87. The fourth-order valence-electron chi connectivity index (χ4n) is 2.10. The van der Waals surface area contributed by atoms with E-state index in [4.69, 9.17) is 10.6 Å². The molecule has 5 heteroatoms. The first-order valence-electron chi connectivity index (χ1n) is 6.37. The normalized spacial score (nSPS) is 14.0. The zero-order valence-corrected chi connectivity index (χ0v) is 12.3. The molecule has 5 nitrogen and oxygen atoms in total. The highest BCUT2D eigenvalue weighted by molar-refractivity contribution is 5.29. The zero-order chi connectivity index (χ0) is 13.9. The van der Waals surface area contributed by atoms with Gasteiger partial charge < -0.3 is 4.74 Å². The van der Waals surface area contributed by atoms with Crippen LogP contribution in [0.15, 0.2) is 6.20 Å². The highest BCUT2D eigenvalue weighted by Crippen LogP contribution is 2.34. The number of hydrazine groups is 1. The van der Waals surface area contributed by atoms with Gasteiger partial charge in [-0.1, -0.05) is 20.8 Å². The summed E-state index contributed by atoms with van der Waals surface area (Å²) in [6, 6.07) is 0.310. The van der Waals surface area contributed by atoms with Gasteiger partial charge in [0.1, 0.15) is 0 Å². The third-order valence-electron chi connectivity index (χ3n) is 2.86. The molecule has 0 aromatic carbocycles. The van der Waals surface area contributed by atoms with Crippen LogP contribution < -0.4 is 16.0 Å². The van der Waals surface area contributed by atoms with Gasteiger partial charge in [-0.2, -0.15) is 5.10 Å². The average Bonchev–Trinajstić information content (AvgIpc) is 2.68. The van der Waals surface area contributed by atoms with Crippen LogP contribution in [0.5, 0.6) is 5.75 Å². The van der Waals surface area contributed by atoms with Crippen LogP contribution in [-0.4, -0.2) is 16.9 Å². The fourth-order valence-corrected chi connectivity index (χ4v) is 2.10. The highest BCUT2D eigenvalue weighted by atomic mass is 16.5. The van der Waals surface area contributed by atoms with E-state index in [-0.39, 0.29) is 17.5 Å². The Morgan fingerprint density at radius 3 is 2.44 bits per heavy atom. The lowest BCUT2D eigenvalue weighted by Crippen LogP contribution is -2.33. The molecule has 0 aliphatic heterocycles. The van der Waals surface area contributed by atoms with Crippen molar-refractivity contribution in [3.63, 3.8) is 0 Å². The van der Waals surface area contributed by atoms with Crippen molar-refractivity contribution in [2.24, 2.45) is 11.3 Å². The lowest BCUT2D eigenvalue weighted by Gasteiger charge is -2.27. The molecule has 0 amide bonds. The molecule has 1 rings (SSSR count). The minimum atomic E-state index is 0.0323. The van der Waals surface area contributed by atoms with Gasteiger partial charge in [0, 0.05) is 6.04 Å². The van der Waals surface area contributed by atoms with Gasteiger partial charge in [-0.15, -0.1) is 0 Å². The largest absolute Gasteiger partial charge is 0.493 e. The van der Waals surface area contributed by atoms with Crippen LogP contribution in [0.2, 0.25) is 0 Å². The number of nitrogens with two attached hydrogens (primary N) is 1. The van der Waals surface area contributed by atoms with Crippen molar-refractivity contribution < 1.29 is 4.74 Å². The predicted octanol–water partition coefficient (Wildman–Crippen LogP) is 2.41. The lowest BCUT2D eigenvalue weighted by molar-refractivity contribution is 0.291. The molecule has 0 bridgehead atoms. The summed E-state index contributed by atoms with van der Waals surface area (Å²) in [4.78, 5) is 0. The van der Waals surface area contributed by atoms with Gasteiger partial charge in [0.25, 0.3) is 0 Å². The summed E-state index contributed by atoms with van der Waals surface area (Å²) < 4.78 is 7.36. The van der Waals surface area contributed by atoms with Crippen LogP contribution >= 0.6 is 0 Å². The van der Waals surface area contributed by atoms with E-state index in [0.717, 1.165) is 17.9 Å². The van der Waals surface area contributed by atoms with Crippen LogP contribution in [0.25, 0.3) is 0 Å². The zero-order valence-electron chi connectivity index (χ0n) is 12.3. The molecule has 0 aliphatic rings. The highest BCUT2D eigenvalue weighted by Gasteiger charge is 2.26. The number of rotatable bonds is 5. The summed E-state index contributed by atoms with van der Waals surface area (Å²) in [7, 11) is 1.66. The third kappa shape index (κ3) is 3.46. The maximum Gasteiger partial charge on any atom is 0.161 e. The molecular weight excluding hydrogens is 228 g/mol. The van der Waals surface area contributed by atoms with E-state index in [1.165, 1.54) is 0 Å². The smallest absolute Gasteiger partial charge is 0.161 e. The number of hydrogen-bond acceptors (Lipinski definition) is 4. The molecule has 0 fully saturated rings. The molecule has 0 saturated heterocycles. The molecule has 3 N–H and O–H groups in total. The first-order chi connectivity index (χ1) is 8.30. The first kappa shape index (κ1) is 15.0. The number of aromatic nitrogens is 2. The van der Waals surface area contributed by atoms with E-state index in [1.807, 2.05) is 4.68 Å². The van der Waals surface area contributed by atoms with Gasteiger partial charge in [-0.05, 0) is 25.7 Å². The van der Waals surface area contributed by atoms with Crippen molar-refractivity contribution in [1.29, 1.82) is 0 Å². The summed E-state index contributed by atoms with van der Waals surface area (Å²) >= 11 is 0. The molecule has 18 heavy (non-hydrogen) atoms. The van der Waals surface area contributed by atoms with Gasteiger partial charge in [0.15, 0.2) is 5.75 Å². The van der Waals surface area contributed by atoms with Crippen molar-refractivity contribution in [3.05, 3.63) is 11.9 Å². The molecule has 104 valence electrons. The molecular formula is C13H26N4O. The maximum absolute atomic E-state index is 5.72. The van der Waals surface area contributed by atoms with E-state index in [9.17, 15) is 0 Å². The van der Waals surface area contributed by atoms with Crippen molar-refractivity contribution in [1.82, 2.24) is 15.2 Å². The van der Waals surface area contributed by atoms with Gasteiger partial charge in [-0.3, -0.25) is 16.0 Å². The molecule has 0 saturated carbocycles. The Balaban J connectivity index is 3.14. The monoisotopic (exact) mass is 254 g/mol. The number of ether oxygens (including phenoxy) is 1. The van der Waals surface area contributed by atoms with Gasteiger partial charge in [0.05, 0.1) is 25.0 Å². The summed E-state index contributed by atoms with van der Waals surface area (Å²) in [5, 5.41) is 4.38. The Labute approximate surface area is 110 Å². The summed E-state index contributed by atoms with van der Waals surface area (Å²) in [5.74, 6) is 6.50. The van der Waals surface area contributed by atoms with E-state index in [0.29, 0.717) is 0 Å². The molecule has 1 aromatic heterocycles. The van der Waals surface area contributed by atoms with E-state index >= 15 is 0 Å². The van der Waals surface area contributed by atoms with Crippen molar-refractivity contribution in [2.45, 2.75) is 53.1 Å². The van der Waals surface area contributed by atoms with Crippen LogP contribution in [-0.2, 0) is 0 Å². The van der Waals surface area contributed by atoms with E-state index < -0.39 is 0 Å². The number of nitrogens with zero attached hydrogens (tertiary/aromatic N) is 2. The third-order valence-corrected chi connectivity index (χ3v) is 2.86. The van der Waals surface area contributed by atoms with Crippen LogP contribution in [0.1, 0.15) is 58.8 Å². The molecule has 1 unspecified atom stereocenters. The first-order valence-corrected chi connectivity index (χ1v) is 6.37. The van der Waals surface area contributed by atoms with Crippen LogP contribution in [0, 0.1) is 5.41 Å². The number of methoxy groups -OCH3 is 1. The second-order valence-electron chi connectivity index (χ2n) is 6.12. The summed E-state index contributed by atoms with van der Waals surface area (Å²) in [5.41, 5.74) is 4.08. The second-order valence-corrected chi connectivity index (χ2v) is 6.12. The standard InChI is InChI=1S/C13H26N4O/c1-9(2)17-12(11(18-6)8-15-17)10(16-14)7-13(3,4)5/h8-10,16H,7,14H2,1-6H3. The molecule has 0 radical (unpaired) electrons. The van der Waals surface area contributed by atoms with Crippen LogP contribution in [0.4, 0.5) is 0 Å². The average molecular weight is 254 g/mol. The Kier molecular flexibility index (Phi) is 4.76. The second kappa shape index (κ2) is 5.71. The van der Waals surface area contributed by atoms with E-state index in [1.54, 1.807) is 13.3 Å². The van der Waals surface area contributed by atoms with E-state index in [2.05, 4.69) is 45.1 Å². The number of hydrogen-bond donors (Lipinski definition) is 2. The van der Waals surface area contributed by atoms with Crippen molar-refractivity contribution in [3.8, 4) is 5.75 Å². The molecule has 1 atom stereocenters. The van der Waals surface area contributed by atoms with Gasteiger partial charge in [-0.25, -0.2) is 0 Å². The molecule has 0 spiro atoms. The van der Waals surface area contributed by atoms with Crippen molar-refractivity contribution >= 4 is 0 Å². The molecule has 1 heterocycles. The van der Waals surface area contributed by atoms with Crippen LogP contribution in [0.3, 0.4) is 0 Å². The molecule has 1 aromatic rings. The maximum atomic E-state index is 5.72. The molecule has 0 aliphatic carbocycles. The Bertz CT molecular complexity index is 379. The fraction of sp³-hybridized carbons (Fsp3) is 0.769.